The summed E-state index contributed by atoms with van der Waals surface area (Å²) >= 11 is 0. The van der Waals surface area contributed by atoms with Gasteiger partial charge in [-0.3, -0.25) is 0 Å². The van der Waals surface area contributed by atoms with E-state index in [0.29, 0.717) is 0 Å². The van der Waals surface area contributed by atoms with Crippen LogP contribution in [0, 0.1) is 79.9 Å². The maximum atomic E-state index is 16.2. The number of aryl methyl sites for hydroxylation is 2. The van der Waals surface area contributed by atoms with Crippen molar-refractivity contribution in [3.05, 3.63) is 69.1 Å². The second kappa shape index (κ2) is 7.92. The summed E-state index contributed by atoms with van der Waals surface area (Å²) in [5.74, 6) is -9.83. The minimum atomic E-state index is -1.59. The lowest BCUT2D eigenvalue weighted by atomic mass is 9.88. The molecule has 0 radical (unpaired) electrons. The Morgan fingerprint density at radius 2 is 0.769 bits per heavy atom. The highest BCUT2D eigenvalue weighted by Crippen LogP contribution is 2.46. The van der Waals surface area contributed by atoms with E-state index in [-0.39, 0.29) is 22.5 Å². The average Bonchev–Trinajstić information content (AvgIpc) is 2.91. The molecule has 0 atom stereocenters. The number of hydrogen-bond acceptors (Lipinski definition) is 5. The van der Waals surface area contributed by atoms with Crippen molar-refractivity contribution in [2.24, 2.45) is 0 Å². The van der Waals surface area contributed by atoms with Crippen LogP contribution in [0.15, 0.2) is 0 Å². The summed E-state index contributed by atoms with van der Waals surface area (Å²) in [6.45, 7) is 5.30. The van der Waals surface area contributed by atoms with E-state index in [0.717, 1.165) is 0 Å². The van der Waals surface area contributed by atoms with E-state index in [1.54, 1.807) is 0 Å². The van der Waals surface area contributed by atoms with Crippen LogP contribution < -0.4 is 0 Å². The molecule has 0 aliphatic rings. The zero-order chi connectivity index (χ0) is 28.2. The largest absolute Gasteiger partial charge is 0.250 e. The lowest BCUT2D eigenvalue weighted by Gasteiger charge is -2.19. The molecule has 0 fully saturated rings. The predicted molar refractivity (Wildman–Crippen MR) is 129 cm³/mol. The molecule has 2 aromatic heterocycles. The molecule has 0 spiro atoms. The van der Waals surface area contributed by atoms with Gasteiger partial charge in [0.1, 0.15) is 39.8 Å². The van der Waals surface area contributed by atoms with Crippen molar-refractivity contribution in [1.82, 2.24) is 19.9 Å². The highest BCUT2D eigenvalue weighted by Gasteiger charge is 2.32. The molecule has 6 aromatic rings. The summed E-state index contributed by atoms with van der Waals surface area (Å²) < 4.78 is 111. The Morgan fingerprint density at radius 3 is 1.13 bits per heavy atom. The van der Waals surface area contributed by atoms with E-state index in [1.807, 2.05) is 0 Å². The Hall–Kier alpha value is -4.66. The van der Waals surface area contributed by atoms with Crippen LogP contribution in [0.3, 0.4) is 0 Å². The molecule has 0 N–H and O–H groups in total. The van der Waals surface area contributed by atoms with Crippen molar-refractivity contribution in [3.63, 3.8) is 0 Å². The van der Waals surface area contributed by atoms with Gasteiger partial charge in [-0.25, -0.2) is 46.3 Å². The van der Waals surface area contributed by atoms with Crippen molar-refractivity contribution < 1.29 is 30.7 Å². The molecule has 0 saturated carbocycles. The van der Waals surface area contributed by atoms with Crippen molar-refractivity contribution in [3.8, 4) is 6.07 Å². The van der Waals surface area contributed by atoms with Crippen LogP contribution in [0.5, 0.6) is 0 Å². The summed E-state index contributed by atoms with van der Waals surface area (Å²) in [5, 5.41) is 3.47. The van der Waals surface area contributed by atoms with Crippen LogP contribution in [0.4, 0.5) is 30.7 Å². The number of nitrogens with zero attached hydrogens (tertiary/aromatic N) is 5. The topological polar surface area (TPSA) is 75.3 Å². The van der Waals surface area contributed by atoms with E-state index in [2.05, 4.69) is 19.9 Å². The summed E-state index contributed by atoms with van der Waals surface area (Å²) in [5.41, 5.74) is -4.49. The first kappa shape index (κ1) is 24.7. The lowest BCUT2D eigenvalue weighted by Crippen LogP contribution is -2.07. The molecular weight excluding hydrogens is 527 g/mol. The van der Waals surface area contributed by atoms with Gasteiger partial charge in [-0.1, -0.05) is 0 Å². The van der Waals surface area contributed by atoms with Gasteiger partial charge in [0.15, 0.2) is 29.0 Å². The minimum Gasteiger partial charge on any atom is -0.246 e. The number of hydrogen-bond donors (Lipinski definition) is 0. The molecule has 0 aliphatic heterocycles. The number of aromatic nitrogens is 4. The SMILES string of the molecule is Cc1nc2c(F)c3c4c(F)c(C)c(C)c(F)c4c4c(F)c5nc(C#N)c(F)nc5c(F)c4c3c(F)c2nc1C. The van der Waals surface area contributed by atoms with Gasteiger partial charge in [-0.2, -0.15) is 9.65 Å². The Kier molecular flexibility index (Phi) is 5.01. The summed E-state index contributed by atoms with van der Waals surface area (Å²) in [6.07, 6.45) is 0. The smallest absolute Gasteiger partial charge is 0.246 e. The quantitative estimate of drug-likeness (QED) is 0.117. The van der Waals surface area contributed by atoms with E-state index >= 15 is 26.3 Å². The number of nitriles is 1. The van der Waals surface area contributed by atoms with Crippen LogP contribution in [0.2, 0.25) is 0 Å². The van der Waals surface area contributed by atoms with Gasteiger partial charge in [-0.15, -0.1) is 0 Å². The van der Waals surface area contributed by atoms with Crippen molar-refractivity contribution >= 4 is 54.4 Å². The molecule has 0 amide bonds. The zero-order valence-electron chi connectivity index (χ0n) is 20.4. The first-order chi connectivity index (χ1) is 18.4. The Morgan fingerprint density at radius 1 is 0.462 bits per heavy atom. The first-order valence-corrected chi connectivity index (χ1v) is 11.3. The predicted octanol–water partition coefficient (Wildman–Crippen LogP) is 7.11. The van der Waals surface area contributed by atoms with E-state index < -0.39 is 101 Å². The molecule has 4 aromatic carbocycles. The van der Waals surface area contributed by atoms with Crippen molar-refractivity contribution in [2.45, 2.75) is 27.7 Å². The summed E-state index contributed by atoms with van der Waals surface area (Å²) in [7, 11) is 0. The number of rotatable bonds is 0. The fourth-order valence-corrected chi connectivity index (χ4v) is 4.95. The Bertz CT molecular complexity index is 2200. The fourth-order valence-electron chi connectivity index (χ4n) is 4.95. The summed E-state index contributed by atoms with van der Waals surface area (Å²) in [4.78, 5) is 14.8. The molecule has 12 heteroatoms. The third-order valence-corrected chi connectivity index (χ3v) is 7.14. The fraction of sp³-hybridized carbons (Fsp3) is 0.148. The standard InChI is InChI=1S/C27H12F7N5/c1-6-7(2)18(29)12-11(17(6)28)13-15(20(31)24-23(19(13)30)36-8(3)9(4)37-24)16-14(12)21(32)25-26(22(16)33)39-27(34)10(5-35)38-25/h1-4H3. The minimum absolute atomic E-state index is 0.197. The number of halogens is 7. The third kappa shape index (κ3) is 2.95. The van der Waals surface area contributed by atoms with E-state index in [1.165, 1.54) is 33.8 Å². The molecule has 2 heterocycles. The third-order valence-electron chi connectivity index (χ3n) is 7.14. The van der Waals surface area contributed by atoms with Crippen molar-refractivity contribution in [2.75, 3.05) is 0 Å². The van der Waals surface area contributed by atoms with Crippen LogP contribution >= 0.6 is 0 Å². The molecule has 194 valence electrons. The summed E-state index contributed by atoms with van der Waals surface area (Å²) in [6, 6.07) is 1.34. The lowest BCUT2D eigenvalue weighted by molar-refractivity contribution is 0.569. The van der Waals surface area contributed by atoms with Gasteiger partial charge < -0.3 is 0 Å². The van der Waals surface area contributed by atoms with Crippen LogP contribution in [-0.4, -0.2) is 19.9 Å². The van der Waals surface area contributed by atoms with Gasteiger partial charge in [0, 0.05) is 32.3 Å². The zero-order valence-corrected chi connectivity index (χ0v) is 20.4. The highest BCUT2D eigenvalue weighted by molar-refractivity contribution is 6.29. The molecule has 0 aliphatic carbocycles. The van der Waals surface area contributed by atoms with E-state index in [4.69, 9.17) is 5.26 Å². The average molecular weight is 539 g/mol. The van der Waals surface area contributed by atoms with Crippen LogP contribution in [-0.2, 0) is 0 Å². The Labute approximate surface area is 213 Å². The van der Waals surface area contributed by atoms with Gasteiger partial charge in [-0.05, 0) is 38.8 Å². The highest BCUT2D eigenvalue weighted by atomic mass is 19.2. The molecule has 39 heavy (non-hydrogen) atoms. The molecule has 0 saturated heterocycles. The molecule has 0 unspecified atom stereocenters. The Balaban J connectivity index is 2.12. The van der Waals surface area contributed by atoms with Crippen molar-refractivity contribution in [1.29, 1.82) is 5.26 Å². The molecular formula is C27H12F7N5. The normalized spacial score (nSPS) is 11.9. The van der Waals surface area contributed by atoms with Gasteiger partial charge in [0.05, 0.1) is 11.4 Å². The number of benzene rings is 4. The van der Waals surface area contributed by atoms with E-state index in [9.17, 15) is 4.39 Å². The maximum Gasteiger partial charge on any atom is 0.250 e. The van der Waals surface area contributed by atoms with Gasteiger partial charge >= 0.3 is 0 Å². The second-order valence-electron chi connectivity index (χ2n) is 9.15. The molecule has 0 bridgehead atoms. The first-order valence-electron chi connectivity index (χ1n) is 11.3. The second-order valence-corrected chi connectivity index (χ2v) is 9.15. The van der Waals surface area contributed by atoms with Gasteiger partial charge in [0.25, 0.3) is 0 Å². The van der Waals surface area contributed by atoms with Crippen LogP contribution in [0.1, 0.15) is 28.2 Å². The number of fused-ring (bicyclic) bond motifs is 8. The van der Waals surface area contributed by atoms with Crippen LogP contribution in [0.25, 0.3) is 54.4 Å². The molecule has 6 rings (SSSR count). The molecule has 5 nitrogen and oxygen atoms in total. The monoisotopic (exact) mass is 539 g/mol. The van der Waals surface area contributed by atoms with Gasteiger partial charge in [0.2, 0.25) is 5.95 Å². The maximum absolute atomic E-state index is 16.2.